The molecule has 98 valence electrons. The summed E-state index contributed by atoms with van der Waals surface area (Å²) in [5.74, 6) is -1.14. The fraction of sp³-hybridized carbons (Fsp3) is 0. The molecule has 0 unspecified atom stereocenters. The number of hydrogen-bond acceptors (Lipinski definition) is 3. The summed E-state index contributed by atoms with van der Waals surface area (Å²) in [5.41, 5.74) is 6.38. The first-order valence-corrected chi connectivity index (χ1v) is 6.35. The lowest BCUT2D eigenvalue weighted by atomic mass is 10.2. The van der Waals surface area contributed by atoms with E-state index in [1.54, 1.807) is 12.1 Å². The number of anilines is 2. The van der Waals surface area contributed by atoms with Gasteiger partial charge in [0.2, 0.25) is 0 Å². The van der Waals surface area contributed by atoms with E-state index in [0.29, 0.717) is 11.4 Å². The Labute approximate surface area is 122 Å². The van der Waals surface area contributed by atoms with Gasteiger partial charge in [0, 0.05) is 18.0 Å². The van der Waals surface area contributed by atoms with Gasteiger partial charge in [-0.2, -0.15) is 0 Å². The van der Waals surface area contributed by atoms with Crippen molar-refractivity contribution in [2.45, 2.75) is 0 Å². The van der Waals surface area contributed by atoms with Gasteiger partial charge in [-0.15, -0.1) is 0 Å². The van der Waals surface area contributed by atoms with E-state index in [2.05, 4.69) is 26.2 Å². The van der Waals surface area contributed by atoms with Gasteiger partial charge in [-0.1, -0.05) is 12.2 Å². The van der Waals surface area contributed by atoms with Gasteiger partial charge >= 0.3 is 0 Å². The van der Waals surface area contributed by atoms with Crippen LogP contribution in [0.25, 0.3) is 0 Å². The van der Waals surface area contributed by atoms with E-state index in [9.17, 15) is 8.78 Å². The summed E-state index contributed by atoms with van der Waals surface area (Å²) in [6, 6.07) is 5.26. The first-order valence-electron chi connectivity index (χ1n) is 5.15. The topological polar surface area (TPSA) is 50.9 Å². The van der Waals surface area contributed by atoms with E-state index in [1.165, 1.54) is 6.20 Å². The van der Waals surface area contributed by atoms with Crippen LogP contribution in [0.1, 0.15) is 5.69 Å². The summed E-state index contributed by atoms with van der Waals surface area (Å²) < 4.78 is 27.1. The van der Waals surface area contributed by atoms with Gasteiger partial charge in [-0.05, 0) is 34.1 Å². The molecule has 0 atom stereocenters. The van der Waals surface area contributed by atoms with E-state index in [-0.39, 0.29) is 15.1 Å². The number of hydrogen-bond donors (Lipinski definition) is 2. The predicted molar refractivity (Wildman–Crippen MR) is 77.5 cm³/mol. The van der Waals surface area contributed by atoms with Gasteiger partial charge in [-0.3, -0.25) is 4.98 Å². The van der Waals surface area contributed by atoms with Gasteiger partial charge in [-0.25, -0.2) is 8.78 Å². The molecule has 2 aromatic rings. The maximum atomic E-state index is 13.6. The van der Waals surface area contributed by atoms with Crippen molar-refractivity contribution in [2.24, 2.45) is 5.73 Å². The Morgan fingerprint density at radius 2 is 2.00 bits per heavy atom. The number of benzene rings is 1. The van der Waals surface area contributed by atoms with Crippen LogP contribution in [0.4, 0.5) is 20.2 Å². The summed E-state index contributed by atoms with van der Waals surface area (Å²) in [6.07, 6.45) is 1.48. The van der Waals surface area contributed by atoms with Crippen LogP contribution >= 0.6 is 28.1 Å². The van der Waals surface area contributed by atoms with E-state index in [4.69, 9.17) is 18.0 Å². The lowest BCUT2D eigenvalue weighted by Crippen LogP contribution is -2.11. The molecule has 3 N–H and O–H groups in total. The van der Waals surface area contributed by atoms with Gasteiger partial charge in [0.05, 0.1) is 15.9 Å². The highest BCUT2D eigenvalue weighted by Gasteiger charge is 2.09. The zero-order valence-corrected chi connectivity index (χ0v) is 11.9. The number of halogens is 3. The summed E-state index contributed by atoms with van der Waals surface area (Å²) in [4.78, 5) is 4.08. The van der Waals surface area contributed by atoms with Crippen molar-refractivity contribution < 1.29 is 8.78 Å². The van der Waals surface area contributed by atoms with E-state index in [0.717, 1.165) is 12.1 Å². The third-order valence-corrected chi connectivity index (χ3v) is 3.12. The molecule has 7 heteroatoms. The highest BCUT2D eigenvalue weighted by Crippen LogP contribution is 2.26. The Bertz CT molecular complexity index is 649. The quantitative estimate of drug-likeness (QED) is 0.661. The molecule has 3 nitrogen and oxygen atoms in total. The average molecular weight is 344 g/mol. The second-order valence-corrected chi connectivity index (χ2v) is 4.96. The van der Waals surface area contributed by atoms with Crippen molar-refractivity contribution in [2.75, 3.05) is 5.32 Å². The zero-order chi connectivity index (χ0) is 14.0. The van der Waals surface area contributed by atoms with Crippen LogP contribution < -0.4 is 11.1 Å². The van der Waals surface area contributed by atoms with Crippen LogP contribution in [-0.4, -0.2) is 9.97 Å². The van der Waals surface area contributed by atoms with Crippen LogP contribution in [0.3, 0.4) is 0 Å². The van der Waals surface area contributed by atoms with Crippen molar-refractivity contribution in [3.63, 3.8) is 0 Å². The molecule has 0 amide bonds. The van der Waals surface area contributed by atoms with Gasteiger partial charge < -0.3 is 11.1 Å². The second kappa shape index (κ2) is 5.58. The molecule has 19 heavy (non-hydrogen) atoms. The van der Waals surface area contributed by atoms with Gasteiger partial charge in [0.25, 0.3) is 0 Å². The van der Waals surface area contributed by atoms with E-state index < -0.39 is 11.6 Å². The fourth-order valence-electron chi connectivity index (χ4n) is 1.42. The van der Waals surface area contributed by atoms with Crippen LogP contribution in [0.2, 0.25) is 0 Å². The van der Waals surface area contributed by atoms with Crippen LogP contribution in [0, 0.1) is 11.6 Å². The lowest BCUT2D eigenvalue weighted by molar-refractivity contribution is 0.598. The summed E-state index contributed by atoms with van der Waals surface area (Å²) in [5, 5.41) is 2.74. The zero-order valence-electron chi connectivity index (χ0n) is 9.45. The Morgan fingerprint density at radius 3 is 2.68 bits per heavy atom. The second-order valence-electron chi connectivity index (χ2n) is 3.67. The number of nitrogens with one attached hydrogen (secondary N) is 1. The molecule has 1 heterocycles. The first-order chi connectivity index (χ1) is 8.97. The average Bonchev–Trinajstić information content (AvgIpc) is 2.36. The summed E-state index contributed by atoms with van der Waals surface area (Å²) in [7, 11) is 0. The third-order valence-electron chi connectivity index (χ3n) is 2.30. The van der Waals surface area contributed by atoms with E-state index >= 15 is 0 Å². The molecule has 0 aliphatic rings. The lowest BCUT2D eigenvalue weighted by Gasteiger charge is -2.09. The number of rotatable bonds is 3. The Balaban J connectivity index is 2.33. The molecular weight excluding hydrogens is 336 g/mol. The van der Waals surface area contributed by atoms with Crippen molar-refractivity contribution in [1.82, 2.24) is 4.98 Å². The first kappa shape index (κ1) is 13.8. The van der Waals surface area contributed by atoms with E-state index in [1.807, 2.05) is 0 Å². The van der Waals surface area contributed by atoms with Crippen LogP contribution in [-0.2, 0) is 0 Å². The molecule has 0 saturated carbocycles. The minimum atomic E-state index is -0.582. The molecule has 1 aromatic carbocycles. The Morgan fingerprint density at radius 1 is 1.26 bits per heavy atom. The smallest absolute Gasteiger partial charge is 0.147 e. The normalized spacial score (nSPS) is 10.3. The van der Waals surface area contributed by atoms with Crippen molar-refractivity contribution in [1.29, 1.82) is 0 Å². The summed E-state index contributed by atoms with van der Waals surface area (Å²) in [6.45, 7) is 0. The monoisotopic (exact) mass is 343 g/mol. The minimum absolute atomic E-state index is 0.0146. The summed E-state index contributed by atoms with van der Waals surface area (Å²) >= 11 is 7.71. The van der Waals surface area contributed by atoms with Crippen LogP contribution in [0.15, 0.2) is 34.9 Å². The number of pyridine rings is 1. The molecule has 0 aliphatic carbocycles. The molecular formula is C12H8BrF2N3S. The van der Waals surface area contributed by atoms with Crippen molar-refractivity contribution in [3.8, 4) is 0 Å². The Hall–Kier alpha value is -1.60. The molecule has 0 aliphatic heterocycles. The predicted octanol–water partition coefficient (Wildman–Crippen LogP) is 3.50. The SMILES string of the molecule is NC(=S)c1cc(Nc2cc(F)c(Br)cc2F)ccn1. The molecule has 0 bridgehead atoms. The third kappa shape index (κ3) is 3.24. The maximum Gasteiger partial charge on any atom is 0.147 e. The van der Waals surface area contributed by atoms with Crippen molar-refractivity contribution >= 4 is 44.5 Å². The molecule has 0 radical (unpaired) electrons. The number of aromatic nitrogens is 1. The standard InChI is InChI=1S/C12H8BrF2N3S/c13-7-4-9(15)10(5-8(7)14)18-6-1-2-17-11(3-6)12(16)19/h1-5H,(H2,16,19)(H,17,18). The number of thiocarbonyl (C=S) groups is 1. The molecule has 0 saturated heterocycles. The number of nitrogens with zero attached hydrogens (tertiary/aromatic N) is 1. The van der Waals surface area contributed by atoms with Gasteiger partial charge in [0.1, 0.15) is 16.6 Å². The fourth-order valence-corrected chi connectivity index (χ4v) is 1.84. The molecule has 0 spiro atoms. The molecule has 2 rings (SSSR count). The Kier molecular flexibility index (Phi) is 4.06. The van der Waals surface area contributed by atoms with Gasteiger partial charge in [0.15, 0.2) is 0 Å². The van der Waals surface area contributed by atoms with Crippen LogP contribution in [0.5, 0.6) is 0 Å². The maximum absolute atomic E-state index is 13.6. The molecule has 0 fully saturated rings. The number of nitrogens with two attached hydrogens (primary N) is 1. The highest BCUT2D eigenvalue weighted by molar-refractivity contribution is 9.10. The minimum Gasteiger partial charge on any atom is -0.388 e. The largest absolute Gasteiger partial charge is 0.388 e. The highest BCUT2D eigenvalue weighted by atomic mass is 79.9. The molecule has 1 aromatic heterocycles. The van der Waals surface area contributed by atoms with Crippen molar-refractivity contribution in [3.05, 3.63) is 52.3 Å².